The molecule has 1 atom stereocenters. The molecule has 1 aliphatic heterocycles. The minimum absolute atomic E-state index is 0.0293. The van der Waals surface area contributed by atoms with Crippen LogP contribution < -0.4 is 10.7 Å². The lowest BCUT2D eigenvalue weighted by Gasteiger charge is -2.20. The third-order valence-corrected chi connectivity index (χ3v) is 6.00. The Hall–Kier alpha value is -3.39. The minimum Gasteiger partial charge on any atom is -0.455 e. The molecule has 0 aliphatic carbocycles. The molecule has 0 saturated carbocycles. The summed E-state index contributed by atoms with van der Waals surface area (Å²) in [4.78, 5) is 49.4. The monoisotopic (exact) mass is 485 g/mol. The number of nitrogens with one attached hydrogen (secondary N) is 2. The highest BCUT2D eigenvalue weighted by Gasteiger charge is 2.36. The topological polar surface area (TPSA) is 105 Å². The summed E-state index contributed by atoms with van der Waals surface area (Å²) in [7, 11) is 0. The normalized spacial score (nSPS) is 15.7. The summed E-state index contributed by atoms with van der Waals surface area (Å²) in [5.74, 6) is -2.83. The second-order valence-electron chi connectivity index (χ2n) is 9.24. The minimum atomic E-state index is -0.781. The van der Waals surface area contributed by atoms with Crippen molar-refractivity contribution in [2.45, 2.75) is 39.5 Å². The number of carbonyl (C=O) groups excluding carboxylic acids is 4. The van der Waals surface area contributed by atoms with Gasteiger partial charge in [-0.05, 0) is 47.7 Å². The quantitative estimate of drug-likeness (QED) is 0.608. The number of rotatable bonds is 6. The van der Waals surface area contributed by atoms with E-state index < -0.39 is 36.2 Å². The number of amides is 3. The fourth-order valence-electron chi connectivity index (χ4n) is 3.47. The molecule has 0 unspecified atom stereocenters. The Balaban J connectivity index is 1.50. The first-order valence-electron chi connectivity index (χ1n) is 10.9. The molecule has 2 aromatic carbocycles. The van der Waals surface area contributed by atoms with E-state index in [-0.39, 0.29) is 18.4 Å². The zero-order valence-electron chi connectivity index (χ0n) is 19.6. The highest BCUT2D eigenvalue weighted by molar-refractivity contribution is 6.31. The third kappa shape index (κ3) is 6.14. The van der Waals surface area contributed by atoms with Crippen LogP contribution in [0.25, 0.3) is 0 Å². The lowest BCUT2D eigenvalue weighted by Crippen LogP contribution is -2.43. The number of hydrogen-bond acceptors (Lipinski definition) is 5. The van der Waals surface area contributed by atoms with E-state index in [0.29, 0.717) is 21.8 Å². The van der Waals surface area contributed by atoms with Crippen LogP contribution in [0.3, 0.4) is 0 Å². The van der Waals surface area contributed by atoms with E-state index >= 15 is 0 Å². The fourth-order valence-corrected chi connectivity index (χ4v) is 3.64. The van der Waals surface area contributed by atoms with Gasteiger partial charge in [0, 0.05) is 22.7 Å². The Bertz CT molecular complexity index is 1110. The van der Waals surface area contributed by atoms with Gasteiger partial charge in [0.25, 0.3) is 11.8 Å². The molecule has 34 heavy (non-hydrogen) atoms. The lowest BCUT2D eigenvalue weighted by molar-refractivity contribution is -0.151. The van der Waals surface area contributed by atoms with E-state index in [0.717, 1.165) is 10.6 Å². The number of hydrogen-bond donors (Lipinski definition) is 2. The maximum atomic E-state index is 12.5. The van der Waals surface area contributed by atoms with Crippen molar-refractivity contribution in [2.75, 3.05) is 18.5 Å². The van der Waals surface area contributed by atoms with E-state index in [1.54, 1.807) is 37.3 Å². The molecule has 2 N–H and O–H groups in total. The summed E-state index contributed by atoms with van der Waals surface area (Å²) < 4.78 is 5.09. The molecule has 3 rings (SSSR count). The van der Waals surface area contributed by atoms with Crippen LogP contribution in [0.15, 0.2) is 42.5 Å². The Kier molecular flexibility index (Phi) is 7.61. The highest BCUT2D eigenvalue weighted by Crippen LogP contribution is 2.24. The fraction of sp³-hybridized carbons (Fsp3) is 0.360. The van der Waals surface area contributed by atoms with Crippen LogP contribution in [0.1, 0.15) is 48.7 Å². The van der Waals surface area contributed by atoms with Gasteiger partial charge < -0.3 is 10.1 Å². The van der Waals surface area contributed by atoms with E-state index in [1.807, 2.05) is 12.1 Å². The average molecular weight is 486 g/mol. The summed E-state index contributed by atoms with van der Waals surface area (Å²) in [6.45, 7) is 7.46. The molecule has 0 bridgehead atoms. The molecule has 9 heteroatoms. The number of ether oxygens (including phenoxy) is 1. The standard InChI is InChI=1S/C25H28ClN3O5/c1-15-19(26)6-5-7-20(15)27-21(30)14-34-24(33)17-12-22(31)29(13-17)28-23(32)16-8-10-18(11-9-16)25(2,3)4/h5-11,17H,12-14H2,1-4H3,(H,27,30)(H,28,32)/t17-/m1/s1. The molecule has 2 aromatic rings. The second kappa shape index (κ2) is 10.3. The number of esters is 1. The zero-order chi connectivity index (χ0) is 25.0. The number of anilines is 1. The van der Waals surface area contributed by atoms with Crippen LogP contribution in [-0.4, -0.2) is 41.9 Å². The van der Waals surface area contributed by atoms with Gasteiger partial charge in [-0.2, -0.15) is 0 Å². The molecular weight excluding hydrogens is 458 g/mol. The average Bonchev–Trinajstić information content (AvgIpc) is 3.15. The van der Waals surface area contributed by atoms with E-state index in [1.165, 1.54) is 0 Å². The Morgan fingerprint density at radius 2 is 1.79 bits per heavy atom. The molecule has 0 radical (unpaired) electrons. The molecular formula is C25H28ClN3O5. The van der Waals surface area contributed by atoms with E-state index in [9.17, 15) is 19.2 Å². The number of carbonyl (C=O) groups is 4. The largest absolute Gasteiger partial charge is 0.455 e. The number of nitrogens with zero attached hydrogens (tertiary/aromatic N) is 1. The molecule has 0 aromatic heterocycles. The van der Waals surface area contributed by atoms with Gasteiger partial charge >= 0.3 is 5.97 Å². The van der Waals surface area contributed by atoms with Gasteiger partial charge in [0.1, 0.15) is 0 Å². The zero-order valence-corrected chi connectivity index (χ0v) is 20.4. The first-order chi connectivity index (χ1) is 16.0. The maximum absolute atomic E-state index is 12.5. The van der Waals surface area contributed by atoms with Crippen molar-refractivity contribution in [1.29, 1.82) is 0 Å². The number of benzene rings is 2. The van der Waals surface area contributed by atoms with Gasteiger partial charge in [-0.25, -0.2) is 0 Å². The molecule has 0 spiro atoms. The number of halogens is 1. The summed E-state index contributed by atoms with van der Waals surface area (Å²) in [5, 5.41) is 4.26. The van der Waals surface area contributed by atoms with Gasteiger partial charge in [0.15, 0.2) is 6.61 Å². The molecule has 1 heterocycles. The van der Waals surface area contributed by atoms with Crippen LogP contribution in [0.5, 0.6) is 0 Å². The predicted octanol–water partition coefficient (Wildman–Crippen LogP) is 3.62. The van der Waals surface area contributed by atoms with Crippen LogP contribution in [0.4, 0.5) is 5.69 Å². The Morgan fingerprint density at radius 1 is 1.12 bits per heavy atom. The van der Waals surface area contributed by atoms with Crippen molar-refractivity contribution in [3.8, 4) is 0 Å². The van der Waals surface area contributed by atoms with Gasteiger partial charge in [-0.1, -0.05) is 50.6 Å². The van der Waals surface area contributed by atoms with Crippen molar-refractivity contribution < 1.29 is 23.9 Å². The van der Waals surface area contributed by atoms with Crippen molar-refractivity contribution in [2.24, 2.45) is 5.92 Å². The lowest BCUT2D eigenvalue weighted by atomic mass is 9.87. The maximum Gasteiger partial charge on any atom is 0.311 e. The summed E-state index contributed by atoms with van der Waals surface area (Å²) in [6, 6.07) is 12.2. The molecule has 3 amide bonds. The molecule has 8 nitrogen and oxygen atoms in total. The van der Waals surface area contributed by atoms with Crippen LogP contribution in [-0.2, 0) is 24.5 Å². The Labute approximate surface area is 203 Å². The summed E-state index contributed by atoms with van der Waals surface area (Å²) in [6.07, 6.45) is -0.114. The molecule has 180 valence electrons. The Morgan fingerprint density at radius 3 is 2.44 bits per heavy atom. The van der Waals surface area contributed by atoms with Gasteiger partial charge in [0.2, 0.25) is 5.91 Å². The molecule has 1 fully saturated rings. The van der Waals surface area contributed by atoms with Crippen molar-refractivity contribution >= 4 is 41.0 Å². The molecule has 1 aliphatic rings. The predicted molar refractivity (Wildman–Crippen MR) is 128 cm³/mol. The first-order valence-corrected chi connectivity index (χ1v) is 11.3. The number of hydrazine groups is 1. The van der Waals surface area contributed by atoms with Crippen molar-refractivity contribution in [1.82, 2.24) is 10.4 Å². The van der Waals surface area contributed by atoms with Crippen LogP contribution in [0.2, 0.25) is 5.02 Å². The van der Waals surface area contributed by atoms with Crippen LogP contribution in [0, 0.1) is 12.8 Å². The van der Waals surface area contributed by atoms with E-state index in [2.05, 4.69) is 31.5 Å². The molecule has 1 saturated heterocycles. The van der Waals surface area contributed by atoms with Crippen LogP contribution >= 0.6 is 11.6 Å². The van der Waals surface area contributed by atoms with Crippen molar-refractivity contribution in [3.63, 3.8) is 0 Å². The van der Waals surface area contributed by atoms with Crippen molar-refractivity contribution in [3.05, 3.63) is 64.2 Å². The SMILES string of the molecule is Cc1c(Cl)cccc1NC(=O)COC(=O)[C@@H]1CC(=O)N(NC(=O)c2ccc(C(C)(C)C)cc2)C1. The first kappa shape index (κ1) is 25.2. The second-order valence-corrected chi connectivity index (χ2v) is 9.65. The third-order valence-electron chi connectivity index (χ3n) is 5.60. The highest BCUT2D eigenvalue weighted by atomic mass is 35.5. The van der Waals surface area contributed by atoms with Gasteiger partial charge in [-0.15, -0.1) is 0 Å². The summed E-state index contributed by atoms with van der Waals surface area (Å²) in [5.41, 5.74) is 5.20. The van der Waals surface area contributed by atoms with Gasteiger partial charge in [0.05, 0.1) is 12.5 Å². The summed E-state index contributed by atoms with van der Waals surface area (Å²) >= 11 is 6.03. The van der Waals surface area contributed by atoms with E-state index in [4.69, 9.17) is 16.3 Å². The van der Waals surface area contributed by atoms with Gasteiger partial charge in [-0.3, -0.25) is 29.6 Å². The smallest absolute Gasteiger partial charge is 0.311 e.